The molecule has 2 aromatic rings. The number of isocyanates is 1. The first-order chi connectivity index (χ1) is 6.33. The first-order valence-corrected chi connectivity index (χ1v) is 3.67. The summed E-state index contributed by atoms with van der Waals surface area (Å²) >= 11 is 0. The SMILES string of the molecule is Cn1cc(N=C=O)c2nccnc21. The third kappa shape index (κ3) is 1.11. The molecule has 0 radical (unpaired) electrons. The molecular formula is C8H6N4O. The second kappa shape index (κ2) is 2.80. The van der Waals surface area contributed by atoms with Crippen molar-refractivity contribution < 1.29 is 4.79 Å². The van der Waals surface area contributed by atoms with Crippen molar-refractivity contribution >= 4 is 22.9 Å². The van der Waals surface area contributed by atoms with Crippen molar-refractivity contribution in [1.29, 1.82) is 0 Å². The fraction of sp³-hybridized carbons (Fsp3) is 0.125. The van der Waals surface area contributed by atoms with Gasteiger partial charge in [0.15, 0.2) is 5.65 Å². The van der Waals surface area contributed by atoms with Crippen LogP contribution in [0.3, 0.4) is 0 Å². The Hall–Kier alpha value is -2.00. The van der Waals surface area contributed by atoms with Crippen molar-refractivity contribution in [2.45, 2.75) is 0 Å². The van der Waals surface area contributed by atoms with E-state index in [0.29, 0.717) is 16.9 Å². The van der Waals surface area contributed by atoms with E-state index in [1.807, 2.05) is 7.05 Å². The Morgan fingerprint density at radius 1 is 1.46 bits per heavy atom. The zero-order chi connectivity index (χ0) is 9.26. The highest BCUT2D eigenvalue weighted by Crippen LogP contribution is 2.22. The van der Waals surface area contributed by atoms with E-state index in [2.05, 4.69) is 15.0 Å². The highest BCUT2D eigenvalue weighted by molar-refractivity contribution is 5.85. The summed E-state index contributed by atoms with van der Waals surface area (Å²) in [6.45, 7) is 0. The van der Waals surface area contributed by atoms with Crippen LogP contribution in [0.5, 0.6) is 0 Å². The maximum Gasteiger partial charge on any atom is 0.240 e. The van der Waals surface area contributed by atoms with Crippen LogP contribution in [0.15, 0.2) is 23.6 Å². The van der Waals surface area contributed by atoms with E-state index in [-0.39, 0.29) is 0 Å². The highest BCUT2D eigenvalue weighted by atomic mass is 16.1. The maximum absolute atomic E-state index is 10.1. The number of aliphatic imine (C=N–C) groups is 1. The molecule has 0 aliphatic carbocycles. The summed E-state index contributed by atoms with van der Waals surface area (Å²) < 4.78 is 1.76. The van der Waals surface area contributed by atoms with Gasteiger partial charge < -0.3 is 4.57 Å². The van der Waals surface area contributed by atoms with Gasteiger partial charge in [-0.3, -0.25) is 0 Å². The Kier molecular flexibility index (Phi) is 1.65. The fourth-order valence-electron chi connectivity index (χ4n) is 1.21. The maximum atomic E-state index is 10.1. The summed E-state index contributed by atoms with van der Waals surface area (Å²) in [5.41, 5.74) is 1.82. The number of nitrogens with zero attached hydrogens (tertiary/aromatic N) is 4. The predicted molar refractivity (Wildman–Crippen MR) is 46.3 cm³/mol. The van der Waals surface area contributed by atoms with Gasteiger partial charge in [0, 0.05) is 25.6 Å². The van der Waals surface area contributed by atoms with E-state index in [1.165, 1.54) is 6.08 Å². The van der Waals surface area contributed by atoms with E-state index >= 15 is 0 Å². The quantitative estimate of drug-likeness (QED) is 0.477. The lowest BCUT2D eigenvalue weighted by Crippen LogP contribution is -1.87. The molecule has 0 unspecified atom stereocenters. The smallest absolute Gasteiger partial charge is 0.240 e. The molecule has 0 aromatic carbocycles. The molecule has 2 heterocycles. The Bertz CT molecular complexity index is 496. The normalized spacial score (nSPS) is 9.92. The molecule has 13 heavy (non-hydrogen) atoms. The number of hydrogen-bond acceptors (Lipinski definition) is 4. The molecule has 0 saturated carbocycles. The summed E-state index contributed by atoms with van der Waals surface area (Å²) in [6, 6.07) is 0. The summed E-state index contributed by atoms with van der Waals surface area (Å²) in [4.78, 5) is 21.8. The lowest BCUT2D eigenvalue weighted by molar-refractivity contribution is 0.565. The van der Waals surface area contributed by atoms with E-state index in [4.69, 9.17) is 0 Å². The molecule has 0 aliphatic heterocycles. The monoisotopic (exact) mass is 174 g/mol. The topological polar surface area (TPSA) is 60.1 Å². The first kappa shape index (κ1) is 7.64. The molecule has 0 fully saturated rings. The first-order valence-electron chi connectivity index (χ1n) is 3.67. The highest BCUT2D eigenvalue weighted by Gasteiger charge is 2.06. The summed E-state index contributed by atoms with van der Waals surface area (Å²) in [5, 5.41) is 0. The number of aromatic nitrogens is 3. The molecule has 0 aliphatic rings. The summed E-state index contributed by atoms with van der Waals surface area (Å²) in [5.74, 6) is 0. The average Bonchev–Trinajstić information content (AvgIpc) is 2.46. The van der Waals surface area contributed by atoms with Crippen LogP contribution in [0.4, 0.5) is 5.69 Å². The predicted octanol–water partition coefficient (Wildman–Crippen LogP) is 0.936. The minimum Gasteiger partial charge on any atom is -0.332 e. The molecule has 0 atom stereocenters. The van der Waals surface area contributed by atoms with Crippen LogP contribution in [0.2, 0.25) is 0 Å². The van der Waals surface area contributed by atoms with Gasteiger partial charge in [0.1, 0.15) is 11.2 Å². The van der Waals surface area contributed by atoms with Gasteiger partial charge in [-0.15, -0.1) is 0 Å². The molecule has 0 N–H and O–H groups in total. The van der Waals surface area contributed by atoms with Gasteiger partial charge in [0.25, 0.3) is 0 Å². The van der Waals surface area contributed by atoms with Crippen LogP contribution in [0.25, 0.3) is 11.2 Å². The number of hydrogen-bond donors (Lipinski definition) is 0. The number of carbonyl (C=O) groups excluding carboxylic acids is 1. The Balaban J connectivity index is 2.85. The molecule has 2 rings (SSSR count). The van der Waals surface area contributed by atoms with Crippen molar-refractivity contribution in [3.05, 3.63) is 18.6 Å². The van der Waals surface area contributed by atoms with Crippen LogP contribution < -0.4 is 0 Å². The van der Waals surface area contributed by atoms with Gasteiger partial charge in [0.05, 0.1) is 0 Å². The van der Waals surface area contributed by atoms with Crippen molar-refractivity contribution in [2.75, 3.05) is 0 Å². The van der Waals surface area contributed by atoms with Gasteiger partial charge >= 0.3 is 0 Å². The lowest BCUT2D eigenvalue weighted by Gasteiger charge is -1.90. The molecule has 0 bridgehead atoms. The second-order valence-electron chi connectivity index (χ2n) is 2.56. The van der Waals surface area contributed by atoms with Gasteiger partial charge in [-0.2, -0.15) is 4.99 Å². The van der Waals surface area contributed by atoms with Crippen LogP contribution in [0.1, 0.15) is 0 Å². The molecule has 0 saturated heterocycles. The van der Waals surface area contributed by atoms with Crippen molar-refractivity contribution in [3.8, 4) is 0 Å². The van der Waals surface area contributed by atoms with Gasteiger partial charge in [-0.1, -0.05) is 0 Å². The fourth-order valence-corrected chi connectivity index (χ4v) is 1.21. The van der Waals surface area contributed by atoms with E-state index in [0.717, 1.165) is 0 Å². The van der Waals surface area contributed by atoms with E-state index < -0.39 is 0 Å². The largest absolute Gasteiger partial charge is 0.332 e. The molecule has 0 amide bonds. The third-order valence-electron chi connectivity index (χ3n) is 1.74. The van der Waals surface area contributed by atoms with Crippen LogP contribution in [-0.2, 0) is 11.8 Å². The molecule has 2 aromatic heterocycles. The zero-order valence-corrected chi connectivity index (χ0v) is 6.93. The minimum atomic E-state index is 0.501. The van der Waals surface area contributed by atoms with Crippen LogP contribution in [0, 0.1) is 0 Å². The van der Waals surface area contributed by atoms with Crippen molar-refractivity contribution in [1.82, 2.24) is 14.5 Å². The van der Waals surface area contributed by atoms with Crippen molar-refractivity contribution in [2.24, 2.45) is 12.0 Å². The lowest BCUT2D eigenvalue weighted by atomic mass is 10.4. The number of aryl methyl sites for hydroxylation is 1. The summed E-state index contributed by atoms with van der Waals surface area (Å²) in [7, 11) is 1.82. The minimum absolute atomic E-state index is 0.501. The molecule has 0 spiro atoms. The van der Waals surface area contributed by atoms with E-state index in [9.17, 15) is 4.79 Å². The van der Waals surface area contributed by atoms with Gasteiger partial charge in [-0.25, -0.2) is 14.8 Å². The molecular weight excluding hydrogens is 168 g/mol. The summed E-state index contributed by atoms with van der Waals surface area (Å²) in [6.07, 6.45) is 6.33. The van der Waals surface area contributed by atoms with Crippen molar-refractivity contribution in [3.63, 3.8) is 0 Å². The zero-order valence-electron chi connectivity index (χ0n) is 6.93. The average molecular weight is 174 g/mol. The number of rotatable bonds is 1. The standard InChI is InChI=1S/C8H6N4O/c1-12-4-6(11-5-13)7-8(12)10-3-2-9-7/h2-4H,1H3. The van der Waals surface area contributed by atoms with E-state index in [1.54, 1.807) is 23.2 Å². The third-order valence-corrected chi connectivity index (χ3v) is 1.74. The number of fused-ring (bicyclic) bond motifs is 1. The Morgan fingerprint density at radius 2 is 2.23 bits per heavy atom. The Morgan fingerprint density at radius 3 is 3.00 bits per heavy atom. The van der Waals surface area contributed by atoms with Gasteiger partial charge in [-0.05, 0) is 0 Å². The molecule has 64 valence electrons. The molecule has 5 heteroatoms. The van der Waals surface area contributed by atoms with Crippen LogP contribution in [-0.4, -0.2) is 20.6 Å². The Labute approximate surface area is 73.8 Å². The van der Waals surface area contributed by atoms with Gasteiger partial charge in [0.2, 0.25) is 6.08 Å². The second-order valence-corrected chi connectivity index (χ2v) is 2.56. The molecule has 5 nitrogen and oxygen atoms in total. The van der Waals surface area contributed by atoms with Crippen LogP contribution >= 0.6 is 0 Å².